The molecule has 7 nitrogen and oxygen atoms in total. The molecule has 29 heavy (non-hydrogen) atoms. The zero-order valence-electron chi connectivity index (χ0n) is 16.5. The van der Waals surface area contributed by atoms with Crippen molar-refractivity contribution >= 4 is 29.1 Å². The lowest BCUT2D eigenvalue weighted by atomic mass is 10.2. The van der Waals surface area contributed by atoms with Crippen molar-refractivity contribution in [1.29, 1.82) is 0 Å². The highest BCUT2D eigenvalue weighted by molar-refractivity contribution is 6.04. The number of hydrogen-bond acceptors (Lipinski definition) is 6. The topological polar surface area (TPSA) is 84.4 Å². The van der Waals surface area contributed by atoms with Gasteiger partial charge in [0.15, 0.2) is 0 Å². The Morgan fingerprint density at radius 2 is 1.86 bits per heavy atom. The van der Waals surface area contributed by atoms with Crippen LogP contribution in [0.4, 0.5) is 17.2 Å². The van der Waals surface area contributed by atoms with E-state index in [4.69, 9.17) is 4.74 Å². The molecule has 1 heterocycles. The average molecular weight is 390 g/mol. The summed E-state index contributed by atoms with van der Waals surface area (Å²) < 4.78 is 4.79. The minimum atomic E-state index is -0.454. The number of hydrogen-bond donors (Lipinski definition) is 1. The number of rotatable bonds is 6. The lowest BCUT2D eigenvalue weighted by molar-refractivity contribution is 0.0601. The molecule has 0 aliphatic heterocycles. The van der Waals surface area contributed by atoms with Gasteiger partial charge in [-0.2, -0.15) is 0 Å². The third-order valence-corrected chi connectivity index (χ3v) is 4.34. The number of benzene rings is 2. The SMILES string of the molecule is CCN(C(=O)c1cnc(Nc2ccccc2C(=O)OC)cn1)c1cccc(C)c1. The van der Waals surface area contributed by atoms with Gasteiger partial charge in [0.2, 0.25) is 0 Å². The smallest absolute Gasteiger partial charge is 0.339 e. The number of amides is 1. The summed E-state index contributed by atoms with van der Waals surface area (Å²) in [7, 11) is 1.33. The first-order valence-corrected chi connectivity index (χ1v) is 9.18. The summed E-state index contributed by atoms with van der Waals surface area (Å²) in [6.45, 7) is 4.40. The molecule has 7 heteroatoms. The summed E-state index contributed by atoms with van der Waals surface area (Å²) in [5, 5.41) is 3.04. The third-order valence-electron chi connectivity index (χ3n) is 4.34. The number of carbonyl (C=O) groups excluding carboxylic acids is 2. The summed E-state index contributed by atoms with van der Waals surface area (Å²) in [6, 6.07) is 14.7. The van der Waals surface area contributed by atoms with Gasteiger partial charge in [-0.25, -0.2) is 14.8 Å². The molecule has 0 saturated heterocycles. The van der Waals surface area contributed by atoms with Crippen molar-refractivity contribution in [3.63, 3.8) is 0 Å². The van der Waals surface area contributed by atoms with E-state index < -0.39 is 5.97 Å². The predicted octanol–water partition coefficient (Wildman–Crippen LogP) is 3.98. The minimum absolute atomic E-state index is 0.230. The Bertz CT molecular complexity index is 1020. The Balaban J connectivity index is 1.80. The van der Waals surface area contributed by atoms with Crippen LogP contribution < -0.4 is 10.2 Å². The highest BCUT2D eigenvalue weighted by atomic mass is 16.5. The Hall–Kier alpha value is -3.74. The Morgan fingerprint density at radius 1 is 1.07 bits per heavy atom. The number of nitrogens with one attached hydrogen (secondary N) is 1. The van der Waals surface area contributed by atoms with Crippen LogP contribution in [0.15, 0.2) is 60.9 Å². The van der Waals surface area contributed by atoms with Crippen molar-refractivity contribution in [3.8, 4) is 0 Å². The molecule has 0 fully saturated rings. The van der Waals surface area contributed by atoms with Gasteiger partial charge in [0.05, 0.1) is 30.8 Å². The molecule has 1 amide bonds. The monoisotopic (exact) mass is 390 g/mol. The molecule has 0 spiro atoms. The van der Waals surface area contributed by atoms with Gasteiger partial charge in [-0.05, 0) is 43.7 Å². The van der Waals surface area contributed by atoms with Crippen LogP contribution in [0.5, 0.6) is 0 Å². The van der Waals surface area contributed by atoms with Gasteiger partial charge in [-0.1, -0.05) is 24.3 Å². The molecule has 0 aliphatic rings. The molecule has 3 rings (SSSR count). The molecule has 0 aliphatic carbocycles. The van der Waals surface area contributed by atoms with Crippen LogP contribution >= 0.6 is 0 Å². The van der Waals surface area contributed by atoms with E-state index in [2.05, 4.69) is 15.3 Å². The van der Waals surface area contributed by atoms with E-state index in [0.29, 0.717) is 23.6 Å². The molecular weight excluding hydrogens is 368 g/mol. The number of methoxy groups -OCH3 is 1. The van der Waals surface area contributed by atoms with Gasteiger partial charge < -0.3 is 15.0 Å². The van der Waals surface area contributed by atoms with Crippen LogP contribution in [0.1, 0.15) is 33.3 Å². The first-order chi connectivity index (χ1) is 14.0. The number of anilines is 3. The van der Waals surface area contributed by atoms with E-state index in [1.807, 2.05) is 38.1 Å². The molecule has 0 saturated carbocycles. The highest BCUT2D eigenvalue weighted by Gasteiger charge is 2.18. The quantitative estimate of drug-likeness (QED) is 0.641. The number of aryl methyl sites for hydroxylation is 1. The lowest BCUT2D eigenvalue weighted by Gasteiger charge is -2.21. The van der Waals surface area contributed by atoms with Crippen molar-refractivity contribution in [2.75, 3.05) is 23.9 Å². The fourth-order valence-corrected chi connectivity index (χ4v) is 2.90. The minimum Gasteiger partial charge on any atom is -0.465 e. The van der Waals surface area contributed by atoms with Gasteiger partial charge in [-0.3, -0.25) is 4.79 Å². The molecule has 0 radical (unpaired) electrons. The molecule has 0 unspecified atom stereocenters. The number of nitrogens with zero attached hydrogens (tertiary/aromatic N) is 3. The van der Waals surface area contributed by atoms with E-state index >= 15 is 0 Å². The van der Waals surface area contributed by atoms with Crippen molar-refractivity contribution in [3.05, 3.63) is 77.7 Å². The number of esters is 1. The van der Waals surface area contributed by atoms with E-state index in [1.165, 1.54) is 19.5 Å². The third kappa shape index (κ3) is 4.57. The lowest BCUT2D eigenvalue weighted by Crippen LogP contribution is -2.31. The summed E-state index contributed by atoms with van der Waals surface area (Å²) in [6.07, 6.45) is 2.88. The van der Waals surface area contributed by atoms with E-state index in [0.717, 1.165) is 11.3 Å². The van der Waals surface area contributed by atoms with E-state index in [9.17, 15) is 9.59 Å². The number of para-hydroxylation sites is 1. The Kier molecular flexibility index (Phi) is 6.19. The van der Waals surface area contributed by atoms with Crippen molar-refractivity contribution in [2.45, 2.75) is 13.8 Å². The summed E-state index contributed by atoms with van der Waals surface area (Å²) in [5.74, 6) is -0.270. The van der Waals surface area contributed by atoms with Crippen LogP contribution in [-0.2, 0) is 4.74 Å². The van der Waals surface area contributed by atoms with Crippen LogP contribution in [0.3, 0.4) is 0 Å². The molecule has 2 aromatic carbocycles. The van der Waals surface area contributed by atoms with Gasteiger partial charge in [0.25, 0.3) is 5.91 Å². The molecular formula is C22H22N4O3. The van der Waals surface area contributed by atoms with Gasteiger partial charge in [-0.15, -0.1) is 0 Å². The molecule has 3 aromatic rings. The van der Waals surface area contributed by atoms with Gasteiger partial charge >= 0.3 is 5.97 Å². The van der Waals surface area contributed by atoms with Crippen LogP contribution in [-0.4, -0.2) is 35.5 Å². The summed E-state index contributed by atoms with van der Waals surface area (Å²) in [4.78, 5) is 34.9. The normalized spacial score (nSPS) is 10.3. The van der Waals surface area contributed by atoms with E-state index in [1.54, 1.807) is 29.2 Å². The van der Waals surface area contributed by atoms with Crippen molar-refractivity contribution in [2.24, 2.45) is 0 Å². The number of ether oxygens (including phenoxy) is 1. The molecule has 1 aromatic heterocycles. The predicted molar refractivity (Wildman–Crippen MR) is 112 cm³/mol. The molecule has 148 valence electrons. The Morgan fingerprint density at radius 3 is 2.52 bits per heavy atom. The number of carbonyl (C=O) groups is 2. The summed E-state index contributed by atoms with van der Waals surface area (Å²) in [5.41, 5.74) is 3.05. The zero-order valence-corrected chi connectivity index (χ0v) is 16.5. The maximum Gasteiger partial charge on any atom is 0.339 e. The zero-order chi connectivity index (χ0) is 20.8. The Labute approximate surface area is 169 Å². The first kappa shape index (κ1) is 20.0. The fourth-order valence-electron chi connectivity index (χ4n) is 2.90. The number of aromatic nitrogens is 2. The highest BCUT2D eigenvalue weighted by Crippen LogP contribution is 2.21. The van der Waals surface area contributed by atoms with E-state index in [-0.39, 0.29) is 11.6 Å². The van der Waals surface area contributed by atoms with Gasteiger partial charge in [0, 0.05) is 12.2 Å². The molecule has 0 atom stereocenters. The second kappa shape index (κ2) is 8.97. The van der Waals surface area contributed by atoms with Crippen molar-refractivity contribution < 1.29 is 14.3 Å². The maximum absolute atomic E-state index is 12.9. The molecule has 1 N–H and O–H groups in total. The maximum atomic E-state index is 12.9. The largest absolute Gasteiger partial charge is 0.465 e. The van der Waals surface area contributed by atoms with Crippen LogP contribution in [0.25, 0.3) is 0 Å². The first-order valence-electron chi connectivity index (χ1n) is 9.18. The van der Waals surface area contributed by atoms with Gasteiger partial charge in [0.1, 0.15) is 11.5 Å². The molecule has 0 bridgehead atoms. The van der Waals surface area contributed by atoms with Crippen LogP contribution in [0.2, 0.25) is 0 Å². The fraction of sp³-hybridized carbons (Fsp3) is 0.182. The average Bonchev–Trinajstić information content (AvgIpc) is 2.74. The second-order valence-electron chi connectivity index (χ2n) is 6.34. The summed E-state index contributed by atoms with van der Waals surface area (Å²) >= 11 is 0. The second-order valence-corrected chi connectivity index (χ2v) is 6.34. The standard InChI is InChI=1S/C22H22N4O3/c1-4-26(16-9-7-8-15(2)12-16)21(27)19-13-24-20(14-23-19)25-18-11-6-5-10-17(18)22(28)29-3/h5-14H,4H2,1-3H3,(H,24,25). The van der Waals surface area contributed by atoms with Crippen LogP contribution in [0, 0.1) is 6.92 Å². The van der Waals surface area contributed by atoms with Crippen molar-refractivity contribution in [1.82, 2.24) is 9.97 Å².